The van der Waals surface area contributed by atoms with E-state index in [1.54, 1.807) is 6.33 Å². The summed E-state index contributed by atoms with van der Waals surface area (Å²) in [6.45, 7) is 5.15. The number of fused-ring (bicyclic) bond motifs is 1. The van der Waals surface area contributed by atoms with Gasteiger partial charge in [0.1, 0.15) is 5.52 Å². The molecule has 1 saturated carbocycles. The van der Waals surface area contributed by atoms with Gasteiger partial charge in [0, 0.05) is 12.6 Å². The monoisotopic (exact) mass is 274 g/mol. The molecule has 2 heterocycles. The molecule has 0 radical (unpaired) electrons. The van der Waals surface area contributed by atoms with E-state index in [0.29, 0.717) is 23.6 Å². The molecule has 0 amide bonds. The molecule has 2 atom stereocenters. The second kappa shape index (κ2) is 5.64. The van der Waals surface area contributed by atoms with Gasteiger partial charge in [-0.25, -0.2) is 4.98 Å². The highest BCUT2D eigenvalue weighted by Gasteiger charge is 2.22. The lowest BCUT2D eigenvalue weighted by Gasteiger charge is -2.30. The van der Waals surface area contributed by atoms with Crippen LogP contribution in [-0.2, 0) is 0 Å². The average molecular weight is 274 g/mol. The normalized spacial score (nSPS) is 22.9. The first kappa shape index (κ1) is 13.1. The third-order valence-electron chi connectivity index (χ3n) is 4.05. The van der Waals surface area contributed by atoms with Crippen LogP contribution in [0.3, 0.4) is 0 Å². The van der Waals surface area contributed by atoms with Gasteiger partial charge in [-0.3, -0.25) is 0 Å². The molecule has 0 aliphatic heterocycles. The molecule has 108 valence electrons. The first-order chi connectivity index (χ1) is 9.78. The van der Waals surface area contributed by atoms with Gasteiger partial charge in [0.25, 0.3) is 0 Å². The van der Waals surface area contributed by atoms with E-state index in [1.807, 2.05) is 6.92 Å². The van der Waals surface area contributed by atoms with E-state index in [1.165, 1.54) is 25.7 Å². The number of nitrogens with one attached hydrogen (secondary N) is 3. The Morgan fingerprint density at radius 3 is 2.95 bits per heavy atom. The van der Waals surface area contributed by atoms with Crippen LogP contribution in [0.2, 0.25) is 0 Å². The number of rotatable bonds is 4. The maximum absolute atomic E-state index is 4.59. The first-order valence-electron chi connectivity index (χ1n) is 7.49. The summed E-state index contributed by atoms with van der Waals surface area (Å²) in [5.74, 6) is 2.18. The minimum atomic E-state index is 0.486. The SMILES string of the molecule is CCNc1nc(NC2CCCCC2C)c2[nH]cnc2n1. The van der Waals surface area contributed by atoms with E-state index < -0.39 is 0 Å². The summed E-state index contributed by atoms with van der Waals surface area (Å²) in [6, 6.07) is 0.486. The number of hydrogen-bond donors (Lipinski definition) is 3. The molecule has 3 N–H and O–H groups in total. The lowest BCUT2D eigenvalue weighted by Crippen LogP contribution is -2.30. The van der Waals surface area contributed by atoms with Crippen molar-refractivity contribution in [3.63, 3.8) is 0 Å². The van der Waals surface area contributed by atoms with Crippen LogP contribution >= 0.6 is 0 Å². The summed E-state index contributed by atoms with van der Waals surface area (Å²) in [7, 11) is 0. The van der Waals surface area contributed by atoms with Crippen LogP contribution in [0, 0.1) is 5.92 Å². The number of aromatic nitrogens is 4. The van der Waals surface area contributed by atoms with E-state index in [2.05, 4.69) is 37.5 Å². The molecule has 0 aromatic carbocycles. The summed E-state index contributed by atoms with van der Waals surface area (Å²) < 4.78 is 0. The lowest BCUT2D eigenvalue weighted by molar-refractivity contribution is 0.349. The fourth-order valence-electron chi connectivity index (χ4n) is 2.88. The van der Waals surface area contributed by atoms with Gasteiger partial charge in [-0.05, 0) is 25.7 Å². The van der Waals surface area contributed by atoms with E-state index >= 15 is 0 Å². The number of H-pyrrole nitrogens is 1. The summed E-state index contributed by atoms with van der Waals surface area (Å²) in [5, 5.41) is 6.76. The Morgan fingerprint density at radius 1 is 1.30 bits per heavy atom. The molecule has 6 heteroatoms. The molecule has 1 fully saturated rings. The molecular formula is C14H22N6. The fraction of sp³-hybridized carbons (Fsp3) is 0.643. The third kappa shape index (κ3) is 2.55. The van der Waals surface area contributed by atoms with Gasteiger partial charge in [0.15, 0.2) is 11.5 Å². The second-order valence-electron chi connectivity index (χ2n) is 5.54. The molecule has 0 saturated heterocycles. The average Bonchev–Trinajstić information content (AvgIpc) is 2.90. The largest absolute Gasteiger partial charge is 0.365 e. The van der Waals surface area contributed by atoms with Crippen molar-refractivity contribution >= 4 is 22.9 Å². The number of aromatic amines is 1. The Labute approximate surface area is 118 Å². The minimum absolute atomic E-state index is 0.486. The molecule has 0 spiro atoms. The van der Waals surface area contributed by atoms with E-state index in [4.69, 9.17) is 0 Å². The van der Waals surface area contributed by atoms with Crippen molar-refractivity contribution in [3.8, 4) is 0 Å². The Hall–Kier alpha value is -1.85. The molecule has 2 aromatic heterocycles. The molecule has 0 bridgehead atoms. The van der Waals surface area contributed by atoms with Crippen LogP contribution in [0.1, 0.15) is 39.5 Å². The van der Waals surface area contributed by atoms with Crippen LogP contribution in [0.15, 0.2) is 6.33 Å². The van der Waals surface area contributed by atoms with Crippen molar-refractivity contribution in [1.29, 1.82) is 0 Å². The molecule has 6 nitrogen and oxygen atoms in total. The van der Waals surface area contributed by atoms with Crippen LogP contribution in [0.4, 0.5) is 11.8 Å². The zero-order valence-corrected chi connectivity index (χ0v) is 12.1. The Balaban J connectivity index is 1.90. The minimum Gasteiger partial charge on any atom is -0.365 e. The summed E-state index contributed by atoms with van der Waals surface area (Å²) in [4.78, 5) is 16.4. The molecular weight excluding hydrogens is 252 g/mol. The lowest BCUT2D eigenvalue weighted by atomic mass is 9.86. The van der Waals surface area contributed by atoms with Gasteiger partial charge in [-0.2, -0.15) is 9.97 Å². The molecule has 2 unspecified atom stereocenters. The summed E-state index contributed by atoms with van der Waals surface area (Å²) >= 11 is 0. The van der Waals surface area contributed by atoms with Gasteiger partial charge in [0.05, 0.1) is 6.33 Å². The highest BCUT2D eigenvalue weighted by Crippen LogP contribution is 2.28. The molecule has 20 heavy (non-hydrogen) atoms. The quantitative estimate of drug-likeness (QED) is 0.799. The standard InChI is InChI=1S/C14H22N6/c1-3-15-14-19-12-11(16-8-17-12)13(20-14)18-10-7-5-4-6-9(10)2/h8-10H,3-7H2,1-2H3,(H3,15,16,17,18,19,20). The van der Waals surface area contributed by atoms with Gasteiger partial charge in [-0.15, -0.1) is 0 Å². The van der Waals surface area contributed by atoms with E-state index in [0.717, 1.165) is 17.9 Å². The number of imidazole rings is 1. The maximum Gasteiger partial charge on any atom is 0.226 e. The van der Waals surface area contributed by atoms with Crippen LogP contribution in [0.25, 0.3) is 11.2 Å². The fourth-order valence-corrected chi connectivity index (χ4v) is 2.88. The van der Waals surface area contributed by atoms with Crippen molar-refractivity contribution in [1.82, 2.24) is 19.9 Å². The summed E-state index contributed by atoms with van der Waals surface area (Å²) in [6.07, 6.45) is 6.79. The second-order valence-corrected chi connectivity index (χ2v) is 5.54. The zero-order chi connectivity index (χ0) is 13.9. The van der Waals surface area contributed by atoms with Crippen molar-refractivity contribution in [2.24, 2.45) is 5.92 Å². The number of nitrogens with zero attached hydrogens (tertiary/aromatic N) is 3. The van der Waals surface area contributed by atoms with Gasteiger partial charge in [-0.1, -0.05) is 19.8 Å². The predicted molar refractivity (Wildman–Crippen MR) is 80.9 cm³/mol. The van der Waals surface area contributed by atoms with E-state index in [-0.39, 0.29) is 0 Å². The van der Waals surface area contributed by atoms with Crippen LogP contribution < -0.4 is 10.6 Å². The molecule has 1 aliphatic rings. The zero-order valence-electron chi connectivity index (χ0n) is 12.1. The molecule has 1 aliphatic carbocycles. The molecule has 3 rings (SSSR count). The van der Waals surface area contributed by atoms with Gasteiger partial charge in [0.2, 0.25) is 5.95 Å². The van der Waals surface area contributed by atoms with Crippen molar-refractivity contribution in [2.75, 3.05) is 17.2 Å². The van der Waals surface area contributed by atoms with Gasteiger partial charge >= 0.3 is 0 Å². The number of hydrogen-bond acceptors (Lipinski definition) is 5. The summed E-state index contributed by atoms with van der Waals surface area (Å²) in [5.41, 5.74) is 1.60. The topological polar surface area (TPSA) is 78.5 Å². The van der Waals surface area contributed by atoms with Crippen LogP contribution in [-0.4, -0.2) is 32.5 Å². The van der Waals surface area contributed by atoms with Crippen molar-refractivity contribution < 1.29 is 0 Å². The Morgan fingerprint density at radius 2 is 2.15 bits per heavy atom. The highest BCUT2D eigenvalue weighted by molar-refractivity contribution is 5.83. The van der Waals surface area contributed by atoms with Crippen LogP contribution in [0.5, 0.6) is 0 Å². The first-order valence-corrected chi connectivity index (χ1v) is 7.49. The molecule has 2 aromatic rings. The maximum atomic E-state index is 4.59. The highest BCUT2D eigenvalue weighted by atomic mass is 15.2. The van der Waals surface area contributed by atoms with Crippen molar-refractivity contribution in [2.45, 2.75) is 45.6 Å². The smallest absolute Gasteiger partial charge is 0.226 e. The van der Waals surface area contributed by atoms with E-state index in [9.17, 15) is 0 Å². The Kier molecular flexibility index (Phi) is 3.71. The third-order valence-corrected chi connectivity index (χ3v) is 4.05. The predicted octanol–water partition coefficient (Wildman–Crippen LogP) is 2.78. The van der Waals surface area contributed by atoms with Crippen molar-refractivity contribution in [3.05, 3.63) is 6.33 Å². The van der Waals surface area contributed by atoms with Gasteiger partial charge < -0.3 is 15.6 Å². The number of anilines is 2. The Bertz CT molecular complexity index is 578.